The molecule has 0 aliphatic rings. The number of hydrogen-bond acceptors (Lipinski definition) is 6. The molecule has 0 spiro atoms. The number of esters is 1. The van der Waals surface area contributed by atoms with Crippen molar-refractivity contribution < 1.29 is 19.2 Å². The first-order chi connectivity index (χ1) is 13.0. The first-order valence-electron chi connectivity index (χ1n) is 7.83. The number of nitrogens with one attached hydrogen (secondary N) is 1. The second-order valence-electron chi connectivity index (χ2n) is 5.47. The Labute approximate surface area is 158 Å². The van der Waals surface area contributed by atoms with Crippen molar-refractivity contribution in [1.29, 1.82) is 0 Å². The lowest BCUT2D eigenvalue weighted by Crippen LogP contribution is -2.11. The minimum absolute atomic E-state index is 0.0235. The molecule has 2 aromatic carbocycles. The predicted octanol–water partition coefficient (Wildman–Crippen LogP) is 4.25. The molecule has 0 aliphatic heterocycles. The Morgan fingerprint density at radius 1 is 1.15 bits per heavy atom. The maximum Gasteiger partial charge on any atom is 0.341 e. The van der Waals surface area contributed by atoms with Crippen molar-refractivity contribution in [3.8, 4) is 0 Å². The van der Waals surface area contributed by atoms with Crippen LogP contribution in [0.2, 0.25) is 0 Å². The topological polar surface area (TPSA) is 98.5 Å². The van der Waals surface area contributed by atoms with E-state index in [1.807, 2.05) is 18.2 Å². The molecular weight excluding hydrogens is 368 g/mol. The number of nitro benzene ring substituents is 1. The van der Waals surface area contributed by atoms with E-state index in [1.165, 1.54) is 42.7 Å². The Morgan fingerprint density at radius 2 is 1.85 bits per heavy atom. The maximum atomic E-state index is 12.2. The summed E-state index contributed by atoms with van der Waals surface area (Å²) in [4.78, 5) is 34.5. The highest BCUT2D eigenvalue weighted by atomic mass is 32.1. The number of fused-ring (bicyclic) bond motifs is 1. The summed E-state index contributed by atoms with van der Waals surface area (Å²) in [6.45, 7) is 0. The van der Waals surface area contributed by atoms with E-state index in [2.05, 4.69) is 5.32 Å². The zero-order valence-corrected chi connectivity index (χ0v) is 15.0. The number of benzene rings is 2. The van der Waals surface area contributed by atoms with Crippen LogP contribution in [0.4, 0.5) is 10.7 Å². The second kappa shape index (κ2) is 7.79. The number of hydrogen-bond donors (Lipinski definition) is 1. The monoisotopic (exact) mass is 382 g/mol. The zero-order valence-electron chi connectivity index (χ0n) is 14.2. The Bertz CT molecular complexity index is 1050. The fourth-order valence-corrected chi connectivity index (χ4v) is 3.56. The van der Waals surface area contributed by atoms with Crippen molar-refractivity contribution in [2.45, 2.75) is 0 Å². The smallest absolute Gasteiger partial charge is 0.341 e. The van der Waals surface area contributed by atoms with Crippen molar-refractivity contribution in [1.82, 2.24) is 0 Å². The van der Waals surface area contributed by atoms with Gasteiger partial charge in [-0.1, -0.05) is 18.2 Å². The van der Waals surface area contributed by atoms with Crippen LogP contribution < -0.4 is 5.32 Å². The van der Waals surface area contributed by atoms with Crippen LogP contribution in [0.15, 0.2) is 54.6 Å². The molecule has 3 rings (SSSR count). The SMILES string of the molecule is COC(=O)c1c(NC(=O)C=Cc2ccc([N+](=O)[O-])cc2)sc2ccccc12. The molecular formula is C19H14N2O5S. The van der Waals surface area contributed by atoms with E-state index in [1.54, 1.807) is 18.2 Å². The molecule has 0 fully saturated rings. The van der Waals surface area contributed by atoms with E-state index >= 15 is 0 Å². The normalized spacial score (nSPS) is 10.9. The molecule has 27 heavy (non-hydrogen) atoms. The van der Waals surface area contributed by atoms with Gasteiger partial charge in [0, 0.05) is 28.3 Å². The number of carbonyl (C=O) groups excluding carboxylic acids is 2. The lowest BCUT2D eigenvalue weighted by Gasteiger charge is -2.03. The number of nitrogens with zero attached hydrogens (tertiary/aromatic N) is 1. The molecule has 7 nitrogen and oxygen atoms in total. The van der Waals surface area contributed by atoms with Crippen molar-refractivity contribution in [2.24, 2.45) is 0 Å². The molecule has 0 bridgehead atoms. The van der Waals surface area contributed by atoms with E-state index in [4.69, 9.17) is 4.74 Å². The zero-order chi connectivity index (χ0) is 19.4. The highest BCUT2D eigenvalue weighted by molar-refractivity contribution is 7.23. The van der Waals surface area contributed by atoms with Crippen LogP contribution in [0, 0.1) is 10.1 Å². The number of anilines is 1. The van der Waals surface area contributed by atoms with Gasteiger partial charge in [-0.05, 0) is 29.8 Å². The minimum atomic E-state index is -0.526. The molecule has 0 atom stereocenters. The number of non-ortho nitro benzene ring substituents is 1. The molecule has 0 radical (unpaired) electrons. The van der Waals surface area contributed by atoms with Crippen LogP contribution in [0.25, 0.3) is 16.2 Å². The minimum Gasteiger partial charge on any atom is -0.465 e. The van der Waals surface area contributed by atoms with Crippen LogP contribution in [0.3, 0.4) is 0 Å². The highest BCUT2D eigenvalue weighted by Crippen LogP contribution is 2.36. The first-order valence-corrected chi connectivity index (χ1v) is 8.64. The summed E-state index contributed by atoms with van der Waals surface area (Å²) < 4.78 is 5.68. The number of thiophene rings is 1. The van der Waals surface area contributed by atoms with Gasteiger partial charge >= 0.3 is 5.97 Å². The van der Waals surface area contributed by atoms with Crippen molar-refractivity contribution in [3.05, 3.63) is 75.8 Å². The maximum absolute atomic E-state index is 12.2. The molecule has 1 heterocycles. The fourth-order valence-electron chi connectivity index (χ4n) is 2.47. The van der Waals surface area contributed by atoms with Crippen LogP contribution in [-0.4, -0.2) is 23.9 Å². The standard InChI is InChI=1S/C19H14N2O5S/c1-26-19(23)17-14-4-2-3-5-15(14)27-18(17)20-16(22)11-8-12-6-9-13(10-7-12)21(24)25/h2-11H,1H3,(H,20,22). The summed E-state index contributed by atoms with van der Waals surface area (Å²) in [5.41, 5.74) is 0.931. The third-order valence-corrected chi connectivity index (χ3v) is 4.84. The van der Waals surface area contributed by atoms with Gasteiger partial charge in [-0.15, -0.1) is 11.3 Å². The lowest BCUT2D eigenvalue weighted by molar-refractivity contribution is -0.384. The third-order valence-electron chi connectivity index (χ3n) is 3.75. The van der Waals surface area contributed by atoms with Crippen molar-refractivity contribution in [2.75, 3.05) is 12.4 Å². The summed E-state index contributed by atoms with van der Waals surface area (Å²) in [6.07, 6.45) is 2.83. The molecule has 8 heteroatoms. The van der Waals surface area contributed by atoms with Gasteiger partial charge in [-0.3, -0.25) is 14.9 Å². The van der Waals surface area contributed by atoms with E-state index in [9.17, 15) is 19.7 Å². The van der Waals surface area contributed by atoms with Gasteiger partial charge in [-0.25, -0.2) is 4.79 Å². The number of methoxy groups -OCH3 is 1. The molecule has 136 valence electrons. The van der Waals surface area contributed by atoms with E-state index in [0.717, 1.165) is 4.70 Å². The predicted molar refractivity (Wildman–Crippen MR) is 104 cm³/mol. The Kier molecular flexibility index (Phi) is 5.28. The van der Waals surface area contributed by atoms with E-state index in [-0.39, 0.29) is 5.69 Å². The molecule has 1 aromatic heterocycles. The fraction of sp³-hybridized carbons (Fsp3) is 0.0526. The highest BCUT2D eigenvalue weighted by Gasteiger charge is 2.20. The number of carbonyl (C=O) groups is 2. The number of amides is 1. The number of rotatable bonds is 5. The van der Waals surface area contributed by atoms with Crippen LogP contribution in [0.5, 0.6) is 0 Å². The molecule has 0 unspecified atom stereocenters. The number of ether oxygens (including phenoxy) is 1. The summed E-state index contributed by atoms with van der Waals surface area (Å²) in [5, 5.41) is 14.5. The largest absolute Gasteiger partial charge is 0.465 e. The quantitative estimate of drug-likeness (QED) is 0.308. The Balaban J connectivity index is 1.81. The van der Waals surface area contributed by atoms with Gasteiger partial charge in [0.05, 0.1) is 12.0 Å². The van der Waals surface area contributed by atoms with Crippen molar-refractivity contribution in [3.63, 3.8) is 0 Å². The molecule has 1 N–H and O–H groups in total. The van der Waals surface area contributed by atoms with Crippen LogP contribution in [-0.2, 0) is 9.53 Å². The average molecular weight is 382 g/mol. The molecule has 0 aliphatic carbocycles. The van der Waals surface area contributed by atoms with Gasteiger partial charge in [0.1, 0.15) is 10.6 Å². The van der Waals surface area contributed by atoms with Crippen molar-refractivity contribution >= 4 is 50.1 Å². The molecule has 0 saturated heterocycles. The van der Waals surface area contributed by atoms with E-state index < -0.39 is 16.8 Å². The average Bonchev–Trinajstić information content (AvgIpc) is 3.03. The van der Waals surface area contributed by atoms with Gasteiger partial charge in [-0.2, -0.15) is 0 Å². The summed E-state index contributed by atoms with van der Waals surface area (Å²) in [7, 11) is 1.29. The third kappa shape index (κ3) is 4.01. The Hall–Kier alpha value is -3.52. The first kappa shape index (κ1) is 18.3. The van der Waals surface area contributed by atoms with Gasteiger partial charge in [0.15, 0.2) is 0 Å². The van der Waals surface area contributed by atoms with Gasteiger partial charge < -0.3 is 10.1 Å². The van der Waals surface area contributed by atoms with Crippen LogP contribution in [0.1, 0.15) is 15.9 Å². The summed E-state index contributed by atoms with van der Waals surface area (Å²) in [5.74, 6) is -0.952. The lowest BCUT2D eigenvalue weighted by atomic mass is 10.1. The summed E-state index contributed by atoms with van der Waals surface area (Å²) >= 11 is 1.28. The molecule has 0 saturated carbocycles. The van der Waals surface area contributed by atoms with E-state index in [0.29, 0.717) is 21.5 Å². The van der Waals surface area contributed by atoms with Crippen LogP contribution >= 0.6 is 11.3 Å². The Morgan fingerprint density at radius 3 is 2.52 bits per heavy atom. The van der Waals surface area contributed by atoms with Gasteiger partial charge in [0.2, 0.25) is 5.91 Å². The molecule has 1 amide bonds. The summed E-state index contributed by atoms with van der Waals surface area (Å²) in [6, 6.07) is 13.1. The molecule has 3 aromatic rings. The van der Waals surface area contributed by atoms with Gasteiger partial charge in [0.25, 0.3) is 5.69 Å². The number of nitro groups is 1. The second-order valence-corrected chi connectivity index (χ2v) is 6.52.